The van der Waals surface area contributed by atoms with E-state index in [1.807, 2.05) is 37.3 Å². The average Bonchev–Trinajstić information content (AvgIpc) is 2.36. The van der Waals surface area contributed by atoms with Crippen LogP contribution in [0.3, 0.4) is 0 Å². The predicted molar refractivity (Wildman–Crippen MR) is 71.6 cm³/mol. The number of hydrogen-bond donors (Lipinski definition) is 1. The normalized spacial score (nSPS) is 12.4. The minimum atomic E-state index is -0.662. The van der Waals surface area contributed by atoms with E-state index in [-0.39, 0.29) is 12.1 Å². The van der Waals surface area contributed by atoms with Crippen LogP contribution in [0.4, 0.5) is 0 Å². The van der Waals surface area contributed by atoms with Crippen LogP contribution in [0.2, 0.25) is 0 Å². The monoisotopic (exact) mass is 243 g/mol. The minimum absolute atomic E-state index is 0.0522. The fourth-order valence-corrected chi connectivity index (χ4v) is 1.88. The van der Waals surface area contributed by atoms with E-state index in [1.54, 1.807) is 23.8 Å². The van der Waals surface area contributed by atoms with Gasteiger partial charge in [-0.2, -0.15) is 0 Å². The van der Waals surface area contributed by atoms with Gasteiger partial charge in [-0.1, -0.05) is 35.9 Å². The predicted octanol–water partition coefficient (Wildman–Crippen LogP) is 2.20. The Morgan fingerprint density at radius 2 is 1.83 bits per heavy atom. The number of aromatic nitrogens is 1. The second-order valence-electron chi connectivity index (χ2n) is 4.58. The highest BCUT2D eigenvalue weighted by Gasteiger charge is 2.09. The Hall–Kier alpha value is -1.87. The van der Waals surface area contributed by atoms with E-state index in [9.17, 15) is 9.90 Å². The Labute approximate surface area is 106 Å². The summed E-state index contributed by atoms with van der Waals surface area (Å²) in [6, 6.07) is 11.3. The summed E-state index contributed by atoms with van der Waals surface area (Å²) >= 11 is 0. The summed E-state index contributed by atoms with van der Waals surface area (Å²) in [5.41, 5.74) is 2.62. The zero-order valence-electron chi connectivity index (χ0n) is 10.6. The molecule has 18 heavy (non-hydrogen) atoms. The van der Waals surface area contributed by atoms with Gasteiger partial charge in [0, 0.05) is 11.8 Å². The van der Waals surface area contributed by atoms with Crippen LogP contribution in [0, 0.1) is 13.8 Å². The van der Waals surface area contributed by atoms with Crippen molar-refractivity contribution in [3.05, 3.63) is 69.6 Å². The first-order valence-electron chi connectivity index (χ1n) is 5.98. The Bertz CT molecular complexity index is 584. The topological polar surface area (TPSA) is 42.2 Å². The molecule has 1 aromatic carbocycles. The summed E-state index contributed by atoms with van der Waals surface area (Å²) in [6.07, 6.45) is 1.04. The molecule has 1 N–H and O–H groups in total. The average molecular weight is 243 g/mol. The maximum absolute atomic E-state index is 11.8. The van der Waals surface area contributed by atoms with Crippen molar-refractivity contribution < 1.29 is 5.11 Å². The van der Waals surface area contributed by atoms with Crippen molar-refractivity contribution in [1.82, 2.24) is 4.57 Å². The van der Waals surface area contributed by atoms with Crippen LogP contribution in [0.5, 0.6) is 0 Å². The largest absolute Gasteiger partial charge is 0.387 e. The van der Waals surface area contributed by atoms with Crippen molar-refractivity contribution in [2.24, 2.45) is 0 Å². The lowest BCUT2D eigenvalue weighted by Crippen LogP contribution is -2.24. The van der Waals surface area contributed by atoms with E-state index in [2.05, 4.69) is 0 Å². The van der Waals surface area contributed by atoms with Crippen molar-refractivity contribution in [3.8, 4) is 0 Å². The molecule has 0 aliphatic heterocycles. The van der Waals surface area contributed by atoms with Crippen LogP contribution in [-0.4, -0.2) is 9.67 Å². The molecule has 0 bridgehead atoms. The lowest BCUT2D eigenvalue weighted by Gasteiger charge is -2.13. The first-order chi connectivity index (χ1) is 8.58. The van der Waals surface area contributed by atoms with Crippen molar-refractivity contribution in [1.29, 1.82) is 0 Å². The van der Waals surface area contributed by atoms with Crippen molar-refractivity contribution >= 4 is 0 Å². The second kappa shape index (κ2) is 5.19. The number of rotatable bonds is 3. The molecule has 0 saturated carbocycles. The van der Waals surface area contributed by atoms with Crippen LogP contribution >= 0.6 is 0 Å². The van der Waals surface area contributed by atoms with Crippen LogP contribution in [-0.2, 0) is 6.54 Å². The Balaban J connectivity index is 2.21. The summed E-state index contributed by atoms with van der Waals surface area (Å²) < 4.78 is 1.54. The van der Waals surface area contributed by atoms with E-state index < -0.39 is 6.10 Å². The molecule has 0 amide bonds. The molecule has 1 aromatic heterocycles. The first-order valence-corrected chi connectivity index (χ1v) is 5.98. The van der Waals surface area contributed by atoms with Crippen LogP contribution in [0.15, 0.2) is 47.4 Å². The molecule has 0 fully saturated rings. The molecule has 3 heteroatoms. The van der Waals surface area contributed by atoms with Gasteiger partial charge in [-0.15, -0.1) is 0 Å². The molecule has 1 unspecified atom stereocenters. The van der Waals surface area contributed by atoms with Crippen LogP contribution < -0.4 is 5.56 Å². The lowest BCUT2D eigenvalue weighted by molar-refractivity contribution is 0.155. The van der Waals surface area contributed by atoms with Crippen molar-refractivity contribution in [2.45, 2.75) is 26.5 Å². The summed E-state index contributed by atoms with van der Waals surface area (Å²) in [5, 5.41) is 10.1. The molecule has 0 aliphatic rings. The van der Waals surface area contributed by atoms with E-state index in [1.165, 1.54) is 0 Å². The second-order valence-corrected chi connectivity index (χ2v) is 4.58. The number of hydrogen-bond acceptors (Lipinski definition) is 2. The van der Waals surface area contributed by atoms with Gasteiger partial charge in [-0.3, -0.25) is 4.79 Å². The molecule has 2 aromatic rings. The zero-order chi connectivity index (χ0) is 13.1. The highest BCUT2D eigenvalue weighted by atomic mass is 16.3. The van der Waals surface area contributed by atoms with Gasteiger partial charge in [-0.25, -0.2) is 0 Å². The minimum Gasteiger partial charge on any atom is -0.387 e. The van der Waals surface area contributed by atoms with Gasteiger partial charge in [0.2, 0.25) is 0 Å². The highest BCUT2D eigenvalue weighted by Crippen LogP contribution is 2.15. The molecule has 0 spiro atoms. The van der Waals surface area contributed by atoms with E-state index in [0.29, 0.717) is 5.56 Å². The fourth-order valence-electron chi connectivity index (χ4n) is 1.88. The molecule has 2 rings (SSSR count). The van der Waals surface area contributed by atoms with Crippen molar-refractivity contribution in [3.63, 3.8) is 0 Å². The van der Waals surface area contributed by atoms with Crippen LogP contribution in [0.25, 0.3) is 0 Å². The third-order valence-electron chi connectivity index (χ3n) is 3.04. The van der Waals surface area contributed by atoms with Gasteiger partial charge >= 0.3 is 0 Å². The molecule has 3 nitrogen and oxygen atoms in total. The number of nitrogens with zero attached hydrogens (tertiary/aromatic N) is 1. The third kappa shape index (κ3) is 2.68. The maximum Gasteiger partial charge on any atom is 0.253 e. The van der Waals surface area contributed by atoms with E-state index in [4.69, 9.17) is 0 Å². The Kier molecular flexibility index (Phi) is 3.63. The van der Waals surface area contributed by atoms with Crippen LogP contribution in [0.1, 0.15) is 22.8 Å². The van der Waals surface area contributed by atoms with Crippen molar-refractivity contribution in [2.75, 3.05) is 0 Å². The SMILES string of the molecule is Cc1ccc(C(O)Cn2cccc(C)c2=O)cc1. The Morgan fingerprint density at radius 3 is 2.50 bits per heavy atom. The molecule has 0 saturated heterocycles. The molecule has 1 heterocycles. The third-order valence-corrected chi connectivity index (χ3v) is 3.04. The van der Waals surface area contributed by atoms with Gasteiger partial charge in [-0.05, 0) is 25.5 Å². The number of aryl methyl sites for hydroxylation is 2. The lowest BCUT2D eigenvalue weighted by atomic mass is 10.1. The highest BCUT2D eigenvalue weighted by molar-refractivity contribution is 5.23. The van der Waals surface area contributed by atoms with Gasteiger partial charge in [0.25, 0.3) is 5.56 Å². The van der Waals surface area contributed by atoms with E-state index in [0.717, 1.165) is 11.1 Å². The smallest absolute Gasteiger partial charge is 0.253 e. The molecule has 94 valence electrons. The summed E-state index contributed by atoms with van der Waals surface area (Å²) in [4.78, 5) is 11.8. The molecule has 1 atom stereocenters. The zero-order valence-corrected chi connectivity index (χ0v) is 10.6. The van der Waals surface area contributed by atoms with Gasteiger partial charge in [0.1, 0.15) is 0 Å². The summed E-state index contributed by atoms with van der Waals surface area (Å²) in [6.45, 7) is 4.06. The number of aliphatic hydroxyl groups is 1. The quantitative estimate of drug-likeness (QED) is 0.898. The molecule has 0 radical (unpaired) electrons. The summed E-state index contributed by atoms with van der Waals surface area (Å²) in [7, 11) is 0. The number of pyridine rings is 1. The van der Waals surface area contributed by atoms with Gasteiger partial charge in [0.15, 0.2) is 0 Å². The van der Waals surface area contributed by atoms with Gasteiger partial charge in [0.05, 0.1) is 12.6 Å². The van der Waals surface area contributed by atoms with Gasteiger partial charge < -0.3 is 9.67 Å². The number of aliphatic hydroxyl groups excluding tert-OH is 1. The standard InChI is InChI=1S/C15H17NO2/c1-11-5-7-13(8-6-11)14(17)10-16-9-3-4-12(2)15(16)18/h3-9,14,17H,10H2,1-2H3. The molecule has 0 aliphatic carbocycles. The first kappa shape index (κ1) is 12.6. The van der Waals surface area contributed by atoms with E-state index >= 15 is 0 Å². The maximum atomic E-state index is 11.8. The number of benzene rings is 1. The fraction of sp³-hybridized carbons (Fsp3) is 0.267. The Morgan fingerprint density at radius 1 is 1.17 bits per heavy atom. The molecular formula is C15H17NO2. The molecular weight excluding hydrogens is 226 g/mol. The summed E-state index contributed by atoms with van der Waals surface area (Å²) in [5.74, 6) is 0.